The van der Waals surface area contributed by atoms with Crippen LogP contribution in [0.2, 0.25) is 0 Å². The fourth-order valence-corrected chi connectivity index (χ4v) is 2.89. The predicted molar refractivity (Wildman–Crippen MR) is 110 cm³/mol. The maximum Gasteiger partial charge on any atom is 0.119 e. The van der Waals surface area contributed by atoms with Crippen LogP contribution in [0.3, 0.4) is 0 Å². The number of benzene rings is 2. The SMILES string of the molecule is CC(C)(c1ccc(OCC(O)CO)cc1)c1ccc(OCC(CO)CCl)cc1. The Kier molecular flexibility index (Phi) is 8.58. The molecule has 0 aliphatic rings. The van der Waals surface area contributed by atoms with Crippen LogP contribution in [-0.2, 0) is 5.41 Å². The lowest BCUT2D eigenvalue weighted by atomic mass is 9.78. The molecule has 3 N–H and O–H groups in total. The molecule has 2 atom stereocenters. The van der Waals surface area contributed by atoms with E-state index in [0.717, 1.165) is 16.9 Å². The smallest absolute Gasteiger partial charge is 0.119 e. The standard InChI is InChI=1S/C22H29ClO5/c1-22(2,18-5-9-21(10-6-18)28-15-19(26)13-25)17-3-7-20(8-4-17)27-14-16(11-23)12-24/h3-10,16,19,24-26H,11-15H2,1-2H3. The van der Waals surface area contributed by atoms with Crippen LogP contribution in [0.4, 0.5) is 0 Å². The highest BCUT2D eigenvalue weighted by Gasteiger charge is 2.23. The van der Waals surface area contributed by atoms with E-state index in [2.05, 4.69) is 13.8 Å². The molecule has 0 bridgehead atoms. The van der Waals surface area contributed by atoms with Gasteiger partial charge in [0.15, 0.2) is 0 Å². The molecule has 0 heterocycles. The van der Waals surface area contributed by atoms with Gasteiger partial charge in [0.2, 0.25) is 0 Å². The Morgan fingerprint density at radius 1 is 0.821 bits per heavy atom. The normalized spacial score (nSPS) is 13.8. The molecule has 6 heteroatoms. The minimum Gasteiger partial charge on any atom is -0.493 e. The van der Waals surface area contributed by atoms with Crippen molar-refractivity contribution >= 4 is 11.6 Å². The Balaban J connectivity index is 2.03. The van der Waals surface area contributed by atoms with E-state index < -0.39 is 6.10 Å². The van der Waals surface area contributed by atoms with Crippen molar-refractivity contribution in [3.63, 3.8) is 0 Å². The molecule has 0 aromatic heterocycles. The third-order valence-electron chi connectivity index (χ3n) is 4.77. The molecule has 28 heavy (non-hydrogen) atoms. The van der Waals surface area contributed by atoms with Crippen molar-refractivity contribution in [3.05, 3.63) is 59.7 Å². The summed E-state index contributed by atoms with van der Waals surface area (Å²) >= 11 is 5.77. The van der Waals surface area contributed by atoms with Crippen molar-refractivity contribution in [1.82, 2.24) is 0 Å². The van der Waals surface area contributed by atoms with Crippen molar-refractivity contribution in [2.75, 3.05) is 32.3 Å². The van der Waals surface area contributed by atoms with Gasteiger partial charge in [-0.15, -0.1) is 11.6 Å². The maximum atomic E-state index is 9.37. The van der Waals surface area contributed by atoms with Gasteiger partial charge in [-0.05, 0) is 35.4 Å². The second-order valence-corrected chi connectivity index (χ2v) is 7.64. The summed E-state index contributed by atoms with van der Waals surface area (Å²) < 4.78 is 11.2. The Bertz CT molecular complexity index is 696. The molecule has 5 nitrogen and oxygen atoms in total. The summed E-state index contributed by atoms with van der Waals surface area (Å²) in [6, 6.07) is 15.6. The molecule has 0 fully saturated rings. The minimum atomic E-state index is -0.881. The quantitative estimate of drug-likeness (QED) is 0.498. The zero-order valence-electron chi connectivity index (χ0n) is 16.3. The number of alkyl halides is 1. The zero-order chi connectivity index (χ0) is 20.6. The van der Waals surface area contributed by atoms with Gasteiger partial charge in [-0.1, -0.05) is 38.1 Å². The van der Waals surface area contributed by atoms with Gasteiger partial charge in [0.1, 0.15) is 24.2 Å². The number of ether oxygens (including phenoxy) is 2. The second kappa shape index (κ2) is 10.7. The first kappa shape index (κ1) is 22.5. The van der Waals surface area contributed by atoms with E-state index in [-0.39, 0.29) is 31.2 Å². The van der Waals surface area contributed by atoms with Gasteiger partial charge in [0.05, 0.1) is 19.8 Å². The number of hydrogen-bond donors (Lipinski definition) is 3. The summed E-state index contributed by atoms with van der Waals surface area (Å²) in [6.07, 6.45) is -0.881. The lowest BCUT2D eigenvalue weighted by Crippen LogP contribution is -2.21. The summed E-state index contributed by atoms with van der Waals surface area (Å²) in [6.45, 7) is 4.41. The van der Waals surface area contributed by atoms with Gasteiger partial charge >= 0.3 is 0 Å². The summed E-state index contributed by atoms with van der Waals surface area (Å²) in [5.74, 6) is 1.68. The lowest BCUT2D eigenvalue weighted by Gasteiger charge is -2.26. The number of hydrogen-bond acceptors (Lipinski definition) is 5. The molecule has 2 unspecified atom stereocenters. The summed E-state index contributed by atoms with van der Waals surface area (Å²) in [7, 11) is 0. The Labute approximate surface area is 171 Å². The van der Waals surface area contributed by atoms with Crippen molar-refractivity contribution < 1.29 is 24.8 Å². The molecule has 2 aromatic rings. The van der Waals surface area contributed by atoms with Crippen LogP contribution in [0.15, 0.2) is 48.5 Å². The molecule has 2 aromatic carbocycles. The number of aliphatic hydroxyl groups is 3. The van der Waals surface area contributed by atoms with Gasteiger partial charge in [-0.25, -0.2) is 0 Å². The average molecular weight is 409 g/mol. The number of rotatable bonds is 11. The minimum absolute atomic E-state index is 0.00723. The summed E-state index contributed by atoms with van der Waals surface area (Å²) in [5.41, 5.74) is 2.05. The van der Waals surface area contributed by atoms with E-state index in [0.29, 0.717) is 18.2 Å². The second-order valence-electron chi connectivity index (χ2n) is 7.34. The predicted octanol–water partition coefficient (Wildman–Crippen LogP) is 2.97. The lowest BCUT2D eigenvalue weighted by molar-refractivity contribution is 0.0536. The summed E-state index contributed by atoms with van der Waals surface area (Å²) in [5, 5.41) is 27.4. The molecular formula is C22H29ClO5. The molecule has 0 amide bonds. The molecule has 0 spiro atoms. The Morgan fingerprint density at radius 3 is 1.68 bits per heavy atom. The first-order chi connectivity index (χ1) is 13.4. The molecule has 154 valence electrons. The average Bonchev–Trinajstić information content (AvgIpc) is 2.73. The van der Waals surface area contributed by atoms with Crippen molar-refractivity contribution in [2.45, 2.75) is 25.4 Å². The third kappa shape index (κ3) is 6.11. The van der Waals surface area contributed by atoms with E-state index in [4.69, 9.17) is 26.2 Å². The van der Waals surface area contributed by atoms with Crippen LogP contribution in [0.1, 0.15) is 25.0 Å². The van der Waals surface area contributed by atoms with Crippen molar-refractivity contribution in [2.24, 2.45) is 5.92 Å². The van der Waals surface area contributed by atoms with Crippen molar-refractivity contribution in [1.29, 1.82) is 0 Å². The van der Waals surface area contributed by atoms with E-state index in [9.17, 15) is 10.2 Å². The fraction of sp³-hybridized carbons (Fsp3) is 0.455. The molecule has 0 aliphatic heterocycles. The van der Waals surface area contributed by atoms with E-state index in [1.807, 2.05) is 48.5 Å². The fourth-order valence-electron chi connectivity index (χ4n) is 2.71. The van der Waals surface area contributed by atoms with Gasteiger partial charge in [0, 0.05) is 17.2 Å². The van der Waals surface area contributed by atoms with Crippen LogP contribution in [-0.4, -0.2) is 53.7 Å². The molecule has 2 rings (SSSR count). The molecule has 0 saturated heterocycles. The highest BCUT2D eigenvalue weighted by Crippen LogP contribution is 2.33. The van der Waals surface area contributed by atoms with E-state index >= 15 is 0 Å². The number of aliphatic hydroxyl groups excluding tert-OH is 3. The van der Waals surface area contributed by atoms with Gasteiger partial charge in [-0.3, -0.25) is 0 Å². The van der Waals surface area contributed by atoms with Gasteiger partial charge in [-0.2, -0.15) is 0 Å². The first-order valence-corrected chi connectivity index (χ1v) is 9.86. The van der Waals surface area contributed by atoms with Crippen LogP contribution in [0.5, 0.6) is 11.5 Å². The first-order valence-electron chi connectivity index (χ1n) is 9.33. The molecule has 0 aliphatic carbocycles. The topological polar surface area (TPSA) is 79.2 Å². The maximum absolute atomic E-state index is 9.37. The van der Waals surface area contributed by atoms with Crippen LogP contribution >= 0.6 is 11.6 Å². The Hall–Kier alpha value is -1.79. The number of halogens is 1. The van der Waals surface area contributed by atoms with Crippen LogP contribution in [0, 0.1) is 5.92 Å². The highest BCUT2D eigenvalue weighted by molar-refractivity contribution is 6.18. The molecule has 0 saturated carbocycles. The molecular weight excluding hydrogens is 380 g/mol. The highest BCUT2D eigenvalue weighted by atomic mass is 35.5. The van der Waals surface area contributed by atoms with Crippen molar-refractivity contribution in [3.8, 4) is 11.5 Å². The zero-order valence-corrected chi connectivity index (χ0v) is 17.1. The monoisotopic (exact) mass is 408 g/mol. The van der Waals surface area contributed by atoms with E-state index in [1.54, 1.807) is 0 Å². The third-order valence-corrected chi connectivity index (χ3v) is 5.20. The van der Waals surface area contributed by atoms with Crippen LogP contribution < -0.4 is 9.47 Å². The van der Waals surface area contributed by atoms with E-state index in [1.165, 1.54) is 0 Å². The van der Waals surface area contributed by atoms with Gasteiger partial charge in [0.25, 0.3) is 0 Å². The molecule has 0 radical (unpaired) electrons. The largest absolute Gasteiger partial charge is 0.493 e. The Morgan fingerprint density at radius 2 is 1.29 bits per heavy atom. The van der Waals surface area contributed by atoms with Gasteiger partial charge < -0.3 is 24.8 Å². The summed E-state index contributed by atoms with van der Waals surface area (Å²) in [4.78, 5) is 0. The van der Waals surface area contributed by atoms with Crippen LogP contribution in [0.25, 0.3) is 0 Å².